The SMILES string of the molecule is COC(=O)c1ccc(OS(=O)(=O)C(F)(F)F)c([N+](=O)[O-])c1. The molecular formula is C9H6F3NO7S. The van der Waals surface area contributed by atoms with Crippen molar-refractivity contribution in [1.82, 2.24) is 0 Å². The number of nitrogens with zero attached hydrogens (tertiary/aromatic N) is 1. The van der Waals surface area contributed by atoms with Crippen molar-refractivity contribution in [2.75, 3.05) is 7.11 Å². The van der Waals surface area contributed by atoms with Crippen LogP contribution in [0.25, 0.3) is 0 Å². The second-order valence-electron chi connectivity index (χ2n) is 3.41. The van der Waals surface area contributed by atoms with Gasteiger partial charge in [-0.05, 0) is 12.1 Å². The Morgan fingerprint density at radius 3 is 2.33 bits per heavy atom. The van der Waals surface area contributed by atoms with E-state index in [4.69, 9.17) is 0 Å². The maximum absolute atomic E-state index is 12.2. The Hall–Kier alpha value is -2.37. The lowest BCUT2D eigenvalue weighted by Crippen LogP contribution is -2.28. The minimum absolute atomic E-state index is 0.360. The highest BCUT2D eigenvalue weighted by Gasteiger charge is 2.49. The summed E-state index contributed by atoms with van der Waals surface area (Å²) in [6.45, 7) is 0. The maximum Gasteiger partial charge on any atom is 0.534 e. The molecule has 0 atom stereocenters. The second-order valence-corrected chi connectivity index (χ2v) is 4.95. The van der Waals surface area contributed by atoms with E-state index in [1.165, 1.54) is 0 Å². The van der Waals surface area contributed by atoms with Gasteiger partial charge >= 0.3 is 27.3 Å². The van der Waals surface area contributed by atoms with Gasteiger partial charge in [0.15, 0.2) is 0 Å². The first-order valence-electron chi connectivity index (χ1n) is 4.87. The van der Waals surface area contributed by atoms with Crippen LogP contribution < -0.4 is 4.18 Å². The number of alkyl halides is 3. The Kier molecular flexibility index (Phi) is 4.41. The van der Waals surface area contributed by atoms with Gasteiger partial charge in [-0.2, -0.15) is 21.6 Å². The standard InChI is InChI=1S/C9H6F3NO7S/c1-19-8(14)5-2-3-7(6(4-5)13(15)16)20-21(17,18)9(10,11)12/h2-4H,1H3. The molecule has 0 heterocycles. The molecule has 0 radical (unpaired) electrons. The molecule has 12 heteroatoms. The fraction of sp³-hybridized carbons (Fsp3) is 0.222. The molecule has 116 valence electrons. The second kappa shape index (κ2) is 5.55. The topological polar surface area (TPSA) is 113 Å². The van der Waals surface area contributed by atoms with Gasteiger partial charge in [-0.1, -0.05) is 0 Å². The summed E-state index contributed by atoms with van der Waals surface area (Å²) in [4.78, 5) is 20.7. The number of hydrogen-bond acceptors (Lipinski definition) is 7. The summed E-state index contributed by atoms with van der Waals surface area (Å²) >= 11 is 0. The highest BCUT2D eigenvalue weighted by molar-refractivity contribution is 7.88. The molecule has 0 aliphatic heterocycles. The van der Waals surface area contributed by atoms with Crippen molar-refractivity contribution in [3.8, 4) is 5.75 Å². The number of esters is 1. The summed E-state index contributed by atoms with van der Waals surface area (Å²) in [5.41, 5.74) is -7.24. The molecule has 0 aliphatic rings. The molecule has 1 rings (SSSR count). The predicted octanol–water partition coefficient (Wildman–Crippen LogP) is 1.61. The zero-order valence-electron chi connectivity index (χ0n) is 10.1. The van der Waals surface area contributed by atoms with Gasteiger partial charge in [-0.15, -0.1) is 0 Å². The van der Waals surface area contributed by atoms with Gasteiger partial charge in [0.25, 0.3) is 0 Å². The molecule has 0 aliphatic carbocycles. The van der Waals surface area contributed by atoms with Gasteiger partial charge < -0.3 is 8.92 Å². The van der Waals surface area contributed by atoms with Gasteiger partial charge in [0.1, 0.15) is 0 Å². The summed E-state index contributed by atoms with van der Waals surface area (Å²) in [6.07, 6.45) is 0. The Balaban J connectivity index is 3.32. The van der Waals surface area contributed by atoms with Crippen LogP contribution in [0.5, 0.6) is 5.75 Å². The first-order chi connectivity index (χ1) is 9.49. The molecule has 8 nitrogen and oxygen atoms in total. The molecule has 0 unspecified atom stereocenters. The fourth-order valence-corrected chi connectivity index (χ4v) is 1.61. The first-order valence-corrected chi connectivity index (χ1v) is 6.28. The van der Waals surface area contributed by atoms with Crippen molar-refractivity contribution in [2.45, 2.75) is 5.51 Å². The quantitative estimate of drug-likeness (QED) is 0.271. The third-order valence-corrected chi connectivity index (χ3v) is 3.03. The van der Waals surface area contributed by atoms with Gasteiger partial charge in [-0.25, -0.2) is 4.79 Å². The Morgan fingerprint density at radius 1 is 1.33 bits per heavy atom. The van der Waals surface area contributed by atoms with Crippen LogP contribution in [-0.4, -0.2) is 31.9 Å². The lowest BCUT2D eigenvalue weighted by atomic mass is 10.2. The van der Waals surface area contributed by atoms with Crippen LogP contribution >= 0.6 is 0 Å². The zero-order chi connectivity index (χ0) is 16.4. The summed E-state index contributed by atoms with van der Waals surface area (Å²) in [6, 6.07) is 1.90. The minimum atomic E-state index is -6.07. The number of hydrogen-bond donors (Lipinski definition) is 0. The van der Waals surface area contributed by atoms with Gasteiger partial charge in [0.05, 0.1) is 17.6 Å². The van der Waals surface area contributed by atoms with E-state index in [2.05, 4.69) is 8.92 Å². The molecule has 1 aromatic rings. The monoisotopic (exact) mass is 329 g/mol. The molecule has 0 aromatic heterocycles. The van der Waals surface area contributed by atoms with Crippen molar-refractivity contribution in [3.05, 3.63) is 33.9 Å². The first kappa shape index (κ1) is 16.7. The molecule has 0 N–H and O–H groups in total. The fourth-order valence-electron chi connectivity index (χ4n) is 1.14. The van der Waals surface area contributed by atoms with Gasteiger partial charge in [0.2, 0.25) is 5.75 Å². The predicted molar refractivity (Wildman–Crippen MR) is 60.0 cm³/mol. The van der Waals surface area contributed by atoms with E-state index >= 15 is 0 Å². The average molecular weight is 329 g/mol. The number of nitro benzene ring substituents is 1. The van der Waals surface area contributed by atoms with E-state index in [1.807, 2.05) is 0 Å². The molecule has 0 saturated carbocycles. The Labute approximate surface area is 115 Å². The number of nitro groups is 1. The van der Waals surface area contributed by atoms with E-state index in [0.29, 0.717) is 12.1 Å². The smallest absolute Gasteiger partial charge is 0.465 e. The van der Waals surface area contributed by atoms with E-state index in [9.17, 15) is 36.5 Å². The largest absolute Gasteiger partial charge is 0.534 e. The van der Waals surface area contributed by atoms with E-state index < -0.39 is 38.0 Å². The van der Waals surface area contributed by atoms with Crippen molar-refractivity contribution < 1.29 is 40.2 Å². The van der Waals surface area contributed by atoms with E-state index in [-0.39, 0.29) is 5.56 Å². The molecule has 21 heavy (non-hydrogen) atoms. The third kappa shape index (κ3) is 3.59. The lowest BCUT2D eigenvalue weighted by molar-refractivity contribution is -0.385. The summed E-state index contributed by atoms with van der Waals surface area (Å²) in [7, 11) is -5.09. The highest BCUT2D eigenvalue weighted by Crippen LogP contribution is 2.33. The lowest BCUT2D eigenvalue weighted by Gasteiger charge is -2.10. The van der Waals surface area contributed by atoms with Crippen LogP contribution in [0.15, 0.2) is 18.2 Å². The number of halogens is 3. The van der Waals surface area contributed by atoms with Crippen LogP contribution in [0, 0.1) is 10.1 Å². The van der Waals surface area contributed by atoms with Gasteiger partial charge in [-0.3, -0.25) is 10.1 Å². The van der Waals surface area contributed by atoms with Crippen LogP contribution in [0.4, 0.5) is 18.9 Å². The number of carbonyl (C=O) groups is 1. The van der Waals surface area contributed by atoms with Gasteiger partial charge in [0, 0.05) is 6.07 Å². The van der Waals surface area contributed by atoms with E-state index in [1.54, 1.807) is 0 Å². The number of methoxy groups -OCH3 is 1. The number of rotatable bonds is 4. The Morgan fingerprint density at radius 2 is 1.90 bits per heavy atom. The van der Waals surface area contributed by atoms with Crippen molar-refractivity contribution in [1.29, 1.82) is 0 Å². The third-order valence-electron chi connectivity index (χ3n) is 2.06. The summed E-state index contributed by atoms with van der Waals surface area (Å²) in [5.74, 6) is -2.17. The molecule has 0 bridgehead atoms. The minimum Gasteiger partial charge on any atom is -0.465 e. The van der Waals surface area contributed by atoms with Crippen molar-refractivity contribution in [2.24, 2.45) is 0 Å². The molecular weight excluding hydrogens is 323 g/mol. The number of carbonyl (C=O) groups excluding carboxylic acids is 1. The van der Waals surface area contributed by atoms with Crippen LogP contribution in [-0.2, 0) is 14.9 Å². The summed E-state index contributed by atoms with van der Waals surface area (Å²) < 4.78 is 66.0. The highest BCUT2D eigenvalue weighted by atomic mass is 32.2. The number of benzene rings is 1. The molecule has 1 aromatic carbocycles. The summed E-state index contributed by atoms with van der Waals surface area (Å²) in [5, 5.41) is 10.7. The Bertz CT molecular complexity index is 683. The van der Waals surface area contributed by atoms with E-state index in [0.717, 1.165) is 13.2 Å². The van der Waals surface area contributed by atoms with Crippen LogP contribution in [0.2, 0.25) is 0 Å². The van der Waals surface area contributed by atoms with Crippen molar-refractivity contribution in [3.63, 3.8) is 0 Å². The van der Waals surface area contributed by atoms with Crippen LogP contribution in [0.3, 0.4) is 0 Å². The number of ether oxygens (including phenoxy) is 1. The molecule has 0 spiro atoms. The molecule has 0 fully saturated rings. The van der Waals surface area contributed by atoms with Crippen LogP contribution in [0.1, 0.15) is 10.4 Å². The zero-order valence-corrected chi connectivity index (χ0v) is 10.9. The average Bonchev–Trinajstić information content (AvgIpc) is 2.36. The molecule has 0 saturated heterocycles. The van der Waals surface area contributed by atoms with Crippen molar-refractivity contribution >= 4 is 21.8 Å². The maximum atomic E-state index is 12.2. The normalized spacial score (nSPS) is 11.8. The molecule has 0 amide bonds.